The van der Waals surface area contributed by atoms with Crippen molar-refractivity contribution in [1.29, 1.82) is 0 Å². The number of carbonyl (C=O) groups excluding carboxylic acids is 1. The highest BCUT2D eigenvalue weighted by molar-refractivity contribution is 5.74. The molecule has 1 heterocycles. The van der Waals surface area contributed by atoms with Gasteiger partial charge in [0.1, 0.15) is 0 Å². The molecule has 1 aliphatic rings. The van der Waals surface area contributed by atoms with E-state index in [1.807, 2.05) is 35.2 Å². The van der Waals surface area contributed by atoms with Crippen LogP contribution in [0.5, 0.6) is 0 Å². The monoisotopic (exact) mass is 248 g/mol. The van der Waals surface area contributed by atoms with E-state index in [1.165, 1.54) is 0 Å². The van der Waals surface area contributed by atoms with Gasteiger partial charge in [0.05, 0.1) is 12.7 Å². The van der Waals surface area contributed by atoms with Gasteiger partial charge < -0.3 is 15.0 Å². The number of rotatable bonds is 3. The third kappa shape index (κ3) is 3.47. The molecule has 1 aromatic rings. The van der Waals surface area contributed by atoms with Gasteiger partial charge in [0.2, 0.25) is 0 Å². The Morgan fingerprint density at radius 3 is 2.94 bits per heavy atom. The van der Waals surface area contributed by atoms with Crippen LogP contribution in [-0.4, -0.2) is 36.7 Å². The highest BCUT2D eigenvalue weighted by atomic mass is 16.5. The van der Waals surface area contributed by atoms with Crippen LogP contribution < -0.4 is 5.32 Å². The molecular weight excluding hydrogens is 228 g/mol. The van der Waals surface area contributed by atoms with E-state index in [2.05, 4.69) is 12.2 Å². The SMILES string of the molecule is CCC1CN(C(=O)NCc2ccccc2)CCO1. The summed E-state index contributed by atoms with van der Waals surface area (Å²) in [6.45, 7) is 4.66. The fraction of sp³-hybridized carbons (Fsp3) is 0.500. The molecule has 1 N–H and O–H groups in total. The molecule has 4 nitrogen and oxygen atoms in total. The van der Waals surface area contributed by atoms with Crippen molar-refractivity contribution in [1.82, 2.24) is 10.2 Å². The summed E-state index contributed by atoms with van der Waals surface area (Å²) in [7, 11) is 0. The molecule has 1 fully saturated rings. The largest absolute Gasteiger partial charge is 0.375 e. The third-order valence-electron chi connectivity index (χ3n) is 3.17. The normalized spacial score (nSPS) is 19.6. The zero-order valence-electron chi connectivity index (χ0n) is 10.8. The van der Waals surface area contributed by atoms with Crippen LogP contribution in [0.15, 0.2) is 30.3 Å². The number of morpholine rings is 1. The average Bonchev–Trinajstić information content (AvgIpc) is 2.46. The predicted molar refractivity (Wildman–Crippen MR) is 70.3 cm³/mol. The van der Waals surface area contributed by atoms with Crippen LogP contribution in [0.2, 0.25) is 0 Å². The van der Waals surface area contributed by atoms with Crippen LogP contribution >= 0.6 is 0 Å². The van der Waals surface area contributed by atoms with Crippen molar-refractivity contribution < 1.29 is 9.53 Å². The molecule has 1 aliphatic heterocycles. The quantitative estimate of drug-likeness (QED) is 0.889. The molecule has 0 bridgehead atoms. The minimum absolute atomic E-state index is 0.000558. The molecule has 0 aliphatic carbocycles. The zero-order valence-corrected chi connectivity index (χ0v) is 10.8. The van der Waals surface area contributed by atoms with Crippen molar-refractivity contribution in [3.8, 4) is 0 Å². The van der Waals surface area contributed by atoms with Crippen LogP contribution in [0.1, 0.15) is 18.9 Å². The summed E-state index contributed by atoms with van der Waals surface area (Å²) in [4.78, 5) is 13.8. The molecular formula is C14H20N2O2. The van der Waals surface area contributed by atoms with Crippen LogP contribution in [-0.2, 0) is 11.3 Å². The van der Waals surface area contributed by atoms with E-state index >= 15 is 0 Å². The molecule has 2 amide bonds. The van der Waals surface area contributed by atoms with Crippen molar-refractivity contribution in [2.45, 2.75) is 26.0 Å². The van der Waals surface area contributed by atoms with Crippen molar-refractivity contribution in [3.63, 3.8) is 0 Å². The third-order valence-corrected chi connectivity index (χ3v) is 3.17. The molecule has 1 unspecified atom stereocenters. The van der Waals surface area contributed by atoms with Gasteiger partial charge in [0.25, 0.3) is 0 Å². The second kappa shape index (κ2) is 6.40. The summed E-state index contributed by atoms with van der Waals surface area (Å²) < 4.78 is 5.55. The van der Waals surface area contributed by atoms with Crippen LogP contribution in [0, 0.1) is 0 Å². The summed E-state index contributed by atoms with van der Waals surface area (Å²) in [6, 6.07) is 9.94. The first kappa shape index (κ1) is 12.9. The second-order valence-electron chi connectivity index (χ2n) is 4.49. The molecule has 98 valence electrons. The summed E-state index contributed by atoms with van der Waals surface area (Å²) in [5, 5.41) is 2.94. The van der Waals surface area contributed by atoms with E-state index in [0.29, 0.717) is 26.2 Å². The lowest BCUT2D eigenvalue weighted by molar-refractivity contribution is -0.0154. The number of carbonyl (C=O) groups is 1. The Bertz CT molecular complexity index is 381. The van der Waals surface area contributed by atoms with Gasteiger partial charge in [-0.3, -0.25) is 0 Å². The highest BCUT2D eigenvalue weighted by Gasteiger charge is 2.22. The molecule has 0 spiro atoms. The van der Waals surface area contributed by atoms with E-state index in [1.54, 1.807) is 0 Å². The molecule has 0 radical (unpaired) electrons. The van der Waals surface area contributed by atoms with Gasteiger partial charge in [-0.05, 0) is 12.0 Å². The second-order valence-corrected chi connectivity index (χ2v) is 4.49. The minimum Gasteiger partial charge on any atom is -0.375 e. The molecule has 18 heavy (non-hydrogen) atoms. The van der Waals surface area contributed by atoms with Gasteiger partial charge >= 0.3 is 6.03 Å². The van der Waals surface area contributed by atoms with Crippen LogP contribution in [0.25, 0.3) is 0 Å². The van der Waals surface area contributed by atoms with Crippen LogP contribution in [0.3, 0.4) is 0 Å². The topological polar surface area (TPSA) is 41.6 Å². The predicted octanol–water partition coefficient (Wildman–Crippen LogP) is 2.01. The van der Waals surface area contributed by atoms with E-state index in [4.69, 9.17) is 4.74 Å². The summed E-state index contributed by atoms with van der Waals surface area (Å²) in [5.74, 6) is 0. The number of hydrogen-bond donors (Lipinski definition) is 1. The number of benzene rings is 1. The standard InChI is InChI=1S/C14H20N2O2/c1-2-13-11-16(8-9-18-13)14(17)15-10-12-6-4-3-5-7-12/h3-7,13H,2,8-11H2,1H3,(H,15,17). The molecule has 4 heteroatoms. The van der Waals surface area contributed by atoms with Gasteiger partial charge in [-0.2, -0.15) is 0 Å². The fourth-order valence-corrected chi connectivity index (χ4v) is 2.04. The number of nitrogens with one attached hydrogen (secondary N) is 1. The Morgan fingerprint density at radius 1 is 1.44 bits per heavy atom. The van der Waals surface area contributed by atoms with E-state index in [9.17, 15) is 4.79 Å². The summed E-state index contributed by atoms with van der Waals surface area (Å²) >= 11 is 0. The lowest BCUT2D eigenvalue weighted by atomic mass is 10.2. The number of amides is 2. The van der Waals surface area contributed by atoms with Crippen molar-refractivity contribution >= 4 is 6.03 Å². The fourth-order valence-electron chi connectivity index (χ4n) is 2.04. The Morgan fingerprint density at radius 2 is 2.22 bits per heavy atom. The molecule has 1 aromatic carbocycles. The molecule has 0 saturated carbocycles. The van der Waals surface area contributed by atoms with Crippen molar-refractivity contribution in [3.05, 3.63) is 35.9 Å². The first-order chi connectivity index (χ1) is 8.79. The highest BCUT2D eigenvalue weighted by Crippen LogP contribution is 2.08. The Balaban J connectivity index is 1.81. The van der Waals surface area contributed by atoms with Gasteiger partial charge in [0, 0.05) is 19.6 Å². The Labute approximate surface area is 108 Å². The minimum atomic E-state index is 0.000558. The summed E-state index contributed by atoms with van der Waals surface area (Å²) in [5.41, 5.74) is 1.12. The Kier molecular flexibility index (Phi) is 4.59. The number of hydrogen-bond acceptors (Lipinski definition) is 2. The van der Waals surface area contributed by atoms with Gasteiger partial charge in [-0.1, -0.05) is 37.3 Å². The maximum absolute atomic E-state index is 12.0. The first-order valence-electron chi connectivity index (χ1n) is 6.48. The zero-order chi connectivity index (χ0) is 12.8. The van der Waals surface area contributed by atoms with Crippen molar-refractivity contribution in [2.75, 3.05) is 19.7 Å². The lowest BCUT2D eigenvalue weighted by Crippen LogP contribution is -2.49. The number of ether oxygens (including phenoxy) is 1. The maximum Gasteiger partial charge on any atom is 0.317 e. The van der Waals surface area contributed by atoms with Gasteiger partial charge in [-0.25, -0.2) is 4.79 Å². The lowest BCUT2D eigenvalue weighted by Gasteiger charge is -2.32. The van der Waals surface area contributed by atoms with Gasteiger partial charge in [-0.15, -0.1) is 0 Å². The number of urea groups is 1. The van der Waals surface area contributed by atoms with Crippen LogP contribution in [0.4, 0.5) is 4.79 Å². The maximum atomic E-state index is 12.0. The van der Waals surface area contributed by atoms with Crippen molar-refractivity contribution in [2.24, 2.45) is 0 Å². The molecule has 2 rings (SSSR count). The molecule has 1 saturated heterocycles. The molecule has 1 atom stereocenters. The first-order valence-corrected chi connectivity index (χ1v) is 6.48. The van der Waals surface area contributed by atoms with E-state index in [0.717, 1.165) is 12.0 Å². The Hall–Kier alpha value is -1.55. The number of nitrogens with zero attached hydrogens (tertiary/aromatic N) is 1. The van der Waals surface area contributed by atoms with E-state index < -0.39 is 0 Å². The van der Waals surface area contributed by atoms with E-state index in [-0.39, 0.29) is 12.1 Å². The summed E-state index contributed by atoms with van der Waals surface area (Å²) in [6.07, 6.45) is 1.13. The van der Waals surface area contributed by atoms with Gasteiger partial charge in [0.15, 0.2) is 0 Å². The average molecular weight is 248 g/mol. The molecule has 0 aromatic heterocycles. The smallest absolute Gasteiger partial charge is 0.317 e.